The third kappa shape index (κ3) is 6.05. The molecule has 6 nitrogen and oxygen atoms in total. The fraction of sp³-hybridized carbons (Fsp3) is 0.250. The zero-order valence-electron chi connectivity index (χ0n) is 14.6. The van der Waals surface area contributed by atoms with E-state index in [1.165, 1.54) is 7.11 Å². The molecule has 0 saturated carbocycles. The number of ether oxygens (including phenoxy) is 1. The number of carbonyl (C=O) groups is 3. The summed E-state index contributed by atoms with van der Waals surface area (Å²) in [5, 5.41) is 5.43. The van der Waals surface area contributed by atoms with E-state index in [1.807, 2.05) is 60.7 Å². The van der Waals surface area contributed by atoms with Crippen LogP contribution in [-0.2, 0) is 14.3 Å². The highest BCUT2D eigenvalue weighted by Crippen LogP contribution is 2.21. The Labute approximate surface area is 152 Å². The van der Waals surface area contributed by atoms with E-state index in [0.717, 1.165) is 11.1 Å². The third-order valence-corrected chi connectivity index (χ3v) is 3.82. The fourth-order valence-electron chi connectivity index (χ4n) is 2.44. The highest BCUT2D eigenvalue weighted by atomic mass is 16.5. The molecule has 6 heteroatoms. The van der Waals surface area contributed by atoms with Gasteiger partial charge >= 0.3 is 12.0 Å². The SMILES string of the molecule is COC(=O)CCC(=O)CNC(=O)NC(c1ccccc1)c1ccccc1. The summed E-state index contributed by atoms with van der Waals surface area (Å²) in [5.74, 6) is -0.683. The lowest BCUT2D eigenvalue weighted by Crippen LogP contribution is -2.40. The first-order valence-electron chi connectivity index (χ1n) is 8.33. The molecule has 0 unspecified atom stereocenters. The second-order valence-electron chi connectivity index (χ2n) is 5.70. The second-order valence-corrected chi connectivity index (χ2v) is 5.70. The van der Waals surface area contributed by atoms with Gasteiger partial charge in [0.25, 0.3) is 0 Å². The molecule has 2 N–H and O–H groups in total. The van der Waals surface area contributed by atoms with E-state index in [0.29, 0.717) is 0 Å². The van der Waals surface area contributed by atoms with Gasteiger partial charge in [0.2, 0.25) is 0 Å². The Balaban J connectivity index is 1.95. The number of methoxy groups -OCH3 is 1. The molecule has 0 aliphatic heterocycles. The predicted octanol–water partition coefficient (Wildman–Crippen LogP) is 2.60. The molecular formula is C20H22N2O4. The first-order chi connectivity index (χ1) is 12.6. The molecular weight excluding hydrogens is 332 g/mol. The van der Waals surface area contributed by atoms with Crippen molar-refractivity contribution in [3.63, 3.8) is 0 Å². The van der Waals surface area contributed by atoms with Gasteiger partial charge in [0.05, 0.1) is 26.1 Å². The summed E-state index contributed by atoms with van der Waals surface area (Å²) >= 11 is 0. The summed E-state index contributed by atoms with van der Waals surface area (Å²) in [6, 6.07) is 18.4. The molecule has 0 fully saturated rings. The number of benzene rings is 2. The Bertz CT molecular complexity index is 692. The number of rotatable bonds is 8. The van der Waals surface area contributed by atoms with Crippen LogP contribution in [-0.4, -0.2) is 31.4 Å². The van der Waals surface area contributed by atoms with E-state index in [1.54, 1.807) is 0 Å². The maximum absolute atomic E-state index is 12.2. The molecule has 136 valence electrons. The largest absolute Gasteiger partial charge is 0.469 e. The van der Waals surface area contributed by atoms with E-state index >= 15 is 0 Å². The van der Waals surface area contributed by atoms with Crippen LogP contribution in [0.1, 0.15) is 30.0 Å². The smallest absolute Gasteiger partial charge is 0.315 e. The second kappa shape index (κ2) is 9.98. The maximum Gasteiger partial charge on any atom is 0.315 e. The number of ketones is 1. The molecule has 2 rings (SSSR count). The minimum Gasteiger partial charge on any atom is -0.469 e. The van der Waals surface area contributed by atoms with Gasteiger partial charge in [-0.25, -0.2) is 4.79 Å². The molecule has 2 aromatic carbocycles. The van der Waals surface area contributed by atoms with Crippen LogP contribution >= 0.6 is 0 Å². The molecule has 0 aromatic heterocycles. The average molecular weight is 354 g/mol. The van der Waals surface area contributed by atoms with Gasteiger partial charge in [0.1, 0.15) is 0 Å². The Morgan fingerprint density at radius 1 is 0.885 bits per heavy atom. The predicted molar refractivity (Wildman–Crippen MR) is 97.5 cm³/mol. The van der Waals surface area contributed by atoms with Crippen molar-refractivity contribution in [2.24, 2.45) is 0 Å². The zero-order valence-corrected chi connectivity index (χ0v) is 14.6. The van der Waals surface area contributed by atoms with E-state index in [-0.39, 0.29) is 31.2 Å². The molecule has 0 spiro atoms. The van der Waals surface area contributed by atoms with E-state index in [9.17, 15) is 14.4 Å². The monoisotopic (exact) mass is 354 g/mol. The van der Waals surface area contributed by atoms with Gasteiger partial charge in [-0.15, -0.1) is 0 Å². The standard InChI is InChI=1S/C20H22N2O4/c1-26-18(24)13-12-17(23)14-21-20(25)22-19(15-8-4-2-5-9-15)16-10-6-3-7-11-16/h2-11,19H,12-14H2,1H3,(H2,21,22,25). The number of amides is 2. The Kier molecular flexibility index (Phi) is 7.36. The highest BCUT2D eigenvalue weighted by molar-refractivity contribution is 5.87. The van der Waals surface area contributed by atoms with Crippen LogP contribution in [0.4, 0.5) is 4.79 Å². The number of carbonyl (C=O) groups excluding carboxylic acids is 3. The highest BCUT2D eigenvalue weighted by Gasteiger charge is 2.17. The van der Waals surface area contributed by atoms with Crippen LogP contribution in [0.15, 0.2) is 60.7 Å². The zero-order chi connectivity index (χ0) is 18.8. The summed E-state index contributed by atoms with van der Waals surface area (Å²) in [4.78, 5) is 35.0. The minimum atomic E-state index is -0.450. The number of hydrogen-bond donors (Lipinski definition) is 2. The quantitative estimate of drug-likeness (QED) is 0.714. The van der Waals surface area contributed by atoms with Gasteiger partial charge in [0, 0.05) is 6.42 Å². The van der Waals surface area contributed by atoms with Gasteiger partial charge in [-0.2, -0.15) is 0 Å². The first-order valence-corrected chi connectivity index (χ1v) is 8.33. The van der Waals surface area contributed by atoms with Gasteiger partial charge in [-0.05, 0) is 11.1 Å². The first kappa shape index (κ1) is 19.2. The number of hydrogen-bond acceptors (Lipinski definition) is 4. The van der Waals surface area contributed by atoms with Crippen LogP contribution in [0.3, 0.4) is 0 Å². The third-order valence-electron chi connectivity index (χ3n) is 3.82. The lowest BCUT2D eigenvalue weighted by molar-refractivity contribution is -0.141. The van der Waals surface area contributed by atoms with Crippen molar-refractivity contribution in [3.8, 4) is 0 Å². The van der Waals surface area contributed by atoms with Crippen LogP contribution in [0.2, 0.25) is 0 Å². The van der Waals surface area contributed by atoms with Crippen molar-refractivity contribution in [2.75, 3.05) is 13.7 Å². The maximum atomic E-state index is 12.2. The topological polar surface area (TPSA) is 84.5 Å². The molecule has 0 radical (unpaired) electrons. The molecule has 0 bridgehead atoms. The minimum absolute atomic E-state index is 0.00921. The molecule has 26 heavy (non-hydrogen) atoms. The number of nitrogens with one attached hydrogen (secondary N) is 2. The Morgan fingerprint density at radius 3 is 1.92 bits per heavy atom. The van der Waals surface area contributed by atoms with Crippen LogP contribution in [0, 0.1) is 0 Å². The average Bonchev–Trinajstić information content (AvgIpc) is 2.69. The van der Waals surface area contributed by atoms with Crippen molar-refractivity contribution in [1.82, 2.24) is 10.6 Å². The molecule has 0 aliphatic rings. The van der Waals surface area contributed by atoms with Crippen molar-refractivity contribution in [1.29, 1.82) is 0 Å². The van der Waals surface area contributed by atoms with Crippen LogP contribution in [0.25, 0.3) is 0 Å². The van der Waals surface area contributed by atoms with Crippen molar-refractivity contribution in [2.45, 2.75) is 18.9 Å². The summed E-state index contributed by atoms with van der Waals surface area (Å²) in [6.07, 6.45) is 0.0447. The van der Waals surface area contributed by atoms with E-state index in [4.69, 9.17) is 0 Å². The molecule has 0 atom stereocenters. The van der Waals surface area contributed by atoms with Crippen molar-refractivity contribution < 1.29 is 19.1 Å². The molecule has 0 saturated heterocycles. The van der Waals surface area contributed by atoms with Gasteiger partial charge in [-0.3, -0.25) is 9.59 Å². The van der Waals surface area contributed by atoms with Crippen molar-refractivity contribution in [3.05, 3.63) is 71.8 Å². The lowest BCUT2D eigenvalue weighted by Gasteiger charge is -2.20. The molecule has 2 amide bonds. The van der Waals surface area contributed by atoms with E-state index < -0.39 is 12.0 Å². The Hall–Kier alpha value is -3.15. The normalized spacial score (nSPS) is 10.2. The fourth-order valence-corrected chi connectivity index (χ4v) is 2.44. The van der Waals surface area contributed by atoms with Crippen LogP contribution < -0.4 is 10.6 Å². The Morgan fingerprint density at radius 2 is 1.42 bits per heavy atom. The number of esters is 1. The summed E-state index contributed by atoms with van der Waals surface area (Å²) in [5.41, 5.74) is 1.87. The molecule has 0 aliphatic carbocycles. The van der Waals surface area contributed by atoms with Crippen molar-refractivity contribution >= 4 is 17.8 Å². The van der Waals surface area contributed by atoms with Gasteiger partial charge < -0.3 is 15.4 Å². The number of Topliss-reactive ketones (excluding diaryl/α,β-unsaturated/α-hetero) is 1. The summed E-state index contributed by atoms with van der Waals surface area (Å²) < 4.78 is 4.49. The number of urea groups is 1. The summed E-state index contributed by atoms with van der Waals surface area (Å²) in [6.45, 7) is -0.140. The molecule has 2 aromatic rings. The van der Waals surface area contributed by atoms with E-state index in [2.05, 4.69) is 15.4 Å². The van der Waals surface area contributed by atoms with Crippen LogP contribution in [0.5, 0.6) is 0 Å². The summed E-state index contributed by atoms with van der Waals surface area (Å²) in [7, 11) is 1.27. The molecule has 0 heterocycles. The van der Waals surface area contributed by atoms with Gasteiger partial charge in [-0.1, -0.05) is 60.7 Å². The lowest BCUT2D eigenvalue weighted by atomic mass is 9.99. The van der Waals surface area contributed by atoms with Gasteiger partial charge in [0.15, 0.2) is 5.78 Å².